The molecule has 1 rings (SSSR count). The summed E-state index contributed by atoms with van der Waals surface area (Å²) >= 11 is 0. The van der Waals surface area contributed by atoms with Crippen LogP contribution in [0.4, 0.5) is 0 Å². The Balaban J connectivity index is 2.70. The highest BCUT2D eigenvalue weighted by Crippen LogP contribution is 2.09. The number of hydrogen-bond donors (Lipinski definition) is 3. The molecule has 4 N–H and O–H groups in total. The van der Waals surface area contributed by atoms with Crippen LogP contribution in [0, 0.1) is 5.92 Å². The van der Waals surface area contributed by atoms with Crippen molar-refractivity contribution in [3.63, 3.8) is 0 Å². The van der Waals surface area contributed by atoms with Crippen molar-refractivity contribution in [1.82, 2.24) is 10.6 Å². The van der Waals surface area contributed by atoms with Crippen LogP contribution < -0.4 is 16.4 Å². The first-order valence-electron chi connectivity index (χ1n) is 8.02. The first kappa shape index (κ1) is 20.8. The lowest BCUT2D eigenvalue weighted by atomic mass is 10.0. The Labute approximate surface area is 150 Å². The molecule has 3 atom stereocenters. The van der Waals surface area contributed by atoms with E-state index in [-0.39, 0.29) is 24.0 Å². The number of amides is 3. The van der Waals surface area contributed by atoms with E-state index in [1.54, 1.807) is 38.1 Å². The SMILES string of the molecule is CC(=O)N[C@@H](C(=O)N[C@@H](CC[S@@](=O)c1ccccc1)C(N)=O)C(C)C. The summed E-state index contributed by atoms with van der Waals surface area (Å²) in [5.74, 6) is -1.50. The number of nitrogens with one attached hydrogen (secondary N) is 2. The van der Waals surface area contributed by atoms with Gasteiger partial charge in [-0.3, -0.25) is 18.6 Å². The lowest BCUT2D eigenvalue weighted by Gasteiger charge is -2.23. The number of carbonyl (C=O) groups excluding carboxylic acids is 3. The van der Waals surface area contributed by atoms with Gasteiger partial charge in [0.1, 0.15) is 12.1 Å². The molecule has 0 saturated carbocycles. The summed E-state index contributed by atoms with van der Waals surface area (Å²) in [4.78, 5) is 35.8. The minimum Gasteiger partial charge on any atom is -0.368 e. The molecule has 1 aromatic carbocycles. The predicted molar refractivity (Wildman–Crippen MR) is 95.9 cm³/mol. The first-order valence-corrected chi connectivity index (χ1v) is 9.34. The van der Waals surface area contributed by atoms with E-state index in [2.05, 4.69) is 10.6 Å². The highest BCUT2D eigenvalue weighted by atomic mass is 32.2. The van der Waals surface area contributed by atoms with Gasteiger partial charge in [-0.2, -0.15) is 0 Å². The third kappa shape index (κ3) is 7.04. The Hall–Kier alpha value is -2.22. The lowest BCUT2D eigenvalue weighted by molar-refractivity contribution is -0.131. The maximum atomic E-state index is 12.3. The molecule has 0 spiro atoms. The monoisotopic (exact) mass is 367 g/mol. The molecule has 0 bridgehead atoms. The largest absolute Gasteiger partial charge is 0.368 e. The number of carbonyl (C=O) groups is 3. The minimum atomic E-state index is -1.29. The number of benzene rings is 1. The summed E-state index contributed by atoms with van der Waals surface area (Å²) < 4.78 is 12.2. The normalized spacial score (nSPS) is 14.4. The fraction of sp³-hybridized carbons (Fsp3) is 0.471. The van der Waals surface area contributed by atoms with E-state index in [4.69, 9.17) is 5.73 Å². The van der Waals surface area contributed by atoms with Crippen molar-refractivity contribution in [1.29, 1.82) is 0 Å². The number of primary amides is 1. The molecule has 0 unspecified atom stereocenters. The molecular formula is C17H25N3O4S. The van der Waals surface area contributed by atoms with Crippen LogP contribution in [0.5, 0.6) is 0 Å². The molecule has 0 saturated heterocycles. The van der Waals surface area contributed by atoms with Gasteiger partial charge in [-0.05, 0) is 24.5 Å². The van der Waals surface area contributed by atoms with E-state index in [9.17, 15) is 18.6 Å². The molecule has 8 heteroatoms. The molecule has 138 valence electrons. The summed E-state index contributed by atoms with van der Waals surface area (Å²) in [5.41, 5.74) is 5.35. The molecule has 25 heavy (non-hydrogen) atoms. The Bertz CT molecular complexity index is 634. The van der Waals surface area contributed by atoms with E-state index < -0.39 is 34.7 Å². The van der Waals surface area contributed by atoms with Crippen LogP contribution in [0.2, 0.25) is 0 Å². The van der Waals surface area contributed by atoms with Crippen molar-refractivity contribution in [3.8, 4) is 0 Å². The molecule has 1 aromatic rings. The molecule has 0 aliphatic rings. The van der Waals surface area contributed by atoms with E-state index in [1.165, 1.54) is 6.92 Å². The van der Waals surface area contributed by atoms with E-state index in [0.29, 0.717) is 4.90 Å². The predicted octanol–water partition coefficient (Wildman–Crippen LogP) is 0.315. The summed E-state index contributed by atoms with van der Waals surface area (Å²) in [5, 5.41) is 5.10. The number of rotatable bonds is 9. The topological polar surface area (TPSA) is 118 Å². The van der Waals surface area contributed by atoms with Crippen molar-refractivity contribution >= 4 is 28.5 Å². The zero-order valence-electron chi connectivity index (χ0n) is 14.7. The second-order valence-electron chi connectivity index (χ2n) is 6.04. The third-order valence-corrected chi connectivity index (χ3v) is 4.97. The van der Waals surface area contributed by atoms with E-state index >= 15 is 0 Å². The minimum absolute atomic E-state index is 0.146. The zero-order chi connectivity index (χ0) is 19.0. The van der Waals surface area contributed by atoms with Crippen molar-refractivity contribution in [2.75, 3.05) is 5.75 Å². The number of hydrogen-bond acceptors (Lipinski definition) is 4. The molecule has 0 aliphatic carbocycles. The van der Waals surface area contributed by atoms with Crippen LogP contribution in [0.15, 0.2) is 35.2 Å². The molecule has 0 radical (unpaired) electrons. The molecule has 0 aliphatic heterocycles. The Kier molecular flexibility index (Phi) is 8.27. The van der Waals surface area contributed by atoms with Crippen molar-refractivity contribution in [2.45, 2.75) is 44.2 Å². The van der Waals surface area contributed by atoms with Gasteiger partial charge in [0.15, 0.2) is 0 Å². The van der Waals surface area contributed by atoms with Gasteiger partial charge in [-0.1, -0.05) is 32.0 Å². The van der Waals surface area contributed by atoms with Gasteiger partial charge in [0.2, 0.25) is 17.7 Å². The van der Waals surface area contributed by atoms with Crippen LogP contribution in [0.25, 0.3) is 0 Å². The Morgan fingerprint density at radius 2 is 1.72 bits per heavy atom. The van der Waals surface area contributed by atoms with Gasteiger partial charge in [-0.15, -0.1) is 0 Å². The molecule has 0 fully saturated rings. The quantitative estimate of drug-likeness (QED) is 0.582. The summed E-state index contributed by atoms with van der Waals surface area (Å²) in [7, 11) is -1.29. The van der Waals surface area contributed by atoms with Gasteiger partial charge < -0.3 is 16.4 Å². The van der Waals surface area contributed by atoms with Crippen LogP contribution in [0.3, 0.4) is 0 Å². The van der Waals surface area contributed by atoms with Crippen molar-refractivity contribution in [3.05, 3.63) is 30.3 Å². The van der Waals surface area contributed by atoms with E-state index in [1.807, 2.05) is 6.07 Å². The average molecular weight is 367 g/mol. The van der Waals surface area contributed by atoms with Gasteiger partial charge in [-0.25, -0.2) is 0 Å². The van der Waals surface area contributed by atoms with Crippen molar-refractivity contribution < 1.29 is 18.6 Å². The zero-order valence-corrected chi connectivity index (χ0v) is 15.5. The smallest absolute Gasteiger partial charge is 0.243 e. The highest BCUT2D eigenvalue weighted by molar-refractivity contribution is 7.85. The lowest BCUT2D eigenvalue weighted by Crippen LogP contribution is -2.54. The number of nitrogens with two attached hydrogens (primary N) is 1. The second kappa shape index (κ2) is 9.93. The van der Waals surface area contributed by atoms with Gasteiger partial charge >= 0.3 is 0 Å². The third-order valence-electron chi connectivity index (χ3n) is 3.57. The van der Waals surface area contributed by atoms with Gasteiger partial charge in [0.25, 0.3) is 0 Å². The summed E-state index contributed by atoms with van der Waals surface area (Å²) in [6, 6.07) is 7.14. The fourth-order valence-corrected chi connectivity index (χ4v) is 3.36. The van der Waals surface area contributed by atoms with Crippen LogP contribution in [0.1, 0.15) is 27.2 Å². The van der Waals surface area contributed by atoms with Gasteiger partial charge in [0.05, 0.1) is 10.8 Å². The average Bonchev–Trinajstić information content (AvgIpc) is 2.56. The van der Waals surface area contributed by atoms with Crippen LogP contribution in [-0.4, -0.2) is 39.8 Å². The molecule has 7 nitrogen and oxygen atoms in total. The highest BCUT2D eigenvalue weighted by Gasteiger charge is 2.27. The first-order chi connectivity index (χ1) is 11.7. The summed E-state index contributed by atoms with van der Waals surface area (Å²) in [6.07, 6.45) is 0.146. The maximum Gasteiger partial charge on any atom is 0.243 e. The van der Waals surface area contributed by atoms with E-state index in [0.717, 1.165) is 0 Å². The molecular weight excluding hydrogens is 342 g/mol. The van der Waals surface area contributed by atoms with Crippen LogP contribution in [-0.2, 0) is 25.2 Å². The standard InChI is InChI=1S/C17H25N3O4S/c1-11(2)15(19-12(3)21)17(23)20-14(16(18)22)9-10-25(24)13-7-5-4-6-8-13/h4-8,11,14-15H,9-10H2,1-3H3,(H2,18,22)(H,19,21)(H,20,23)/t14-,15+,25+/m0/s1. The molecule has 3 amide bonds. The Morgan fingerprint density at radius 1 is 1.12 bits per heavy atom. The van der Waals surface area contributed by atoms with Crippen molar-refractivity contribution in [2.24, 2.45) is 11.7 Å². The second-order valence-corrected chi connectivity index (χ2v) is 7.61. The van der Waals surface area contributed by atoms with Gasteiger partial charge in [0, 0.05) is 17.6 Å². The van der Waals surface area contributed by atoms with Crippen LogP contribution >= 0.6 is 0 Å². The molecule has 0 heterocycles. The maximum absolute atomic E-state index is 12.3. The summed E-state index contributed by atoms with van der Waals surface area (Å²) in [6.45, 7) is 4.88. The Morgan fingerprint density at radius 3 is 2.20 bits per heavy atom. The molecule has 0 aromatic heterocycles. The fourth-order valence-electron chi connectivity index (χ4n) is 2.22.